The number of hydrogen-bond acceptors (Lipinski definition) is 5. The molecule has 3 aromatic rings. The second-order valence-electron chi connectivity index (χ2n) is 7.09. The average molecular weight is 404 g/mol. The van der Waals surface area contributed by atoms with E-state index in [1.165, 1.54) is 0 Å². The number of carbonyl (C=O) groups is 1. The maximum absolute atomic E-state index is 11.8. The summed E-state index contributed by atoms with van der Waals surface area (Å²) < 4.78 is 0. The molecule has 8 heteroatoms. The molecule has 27 heavy (non-hydrogen) atoms. The van der Waals surface area contributed by atoms with Crippen LogP contribution in [-0.4, -0.2) is 34.6 Å². The van der Waals surface area contributed by atoms with Crippen LogP contribution in [0.4, 0.5) is 10.6 Å². The van der Waals surface area contributed by atoms with E-state index in [-0.39, 0.29) is 11.6 Å². The third-order valence-electron chi connectivity index (χ3n) is 3.59. The maximum atomic E-state index is 11.8. The van der Waals surface area contributed by atoms with Crippen LogP contribution in [0.3, 0.4) is 0 Å². The lowest BCUT2D eigenvalue weighted by Crippen LogP contribution is -2.47. The Morgan fingerprint density at radius 2 is 2.00 bits per heavy atom. The van der Waals surface area contributed by atoms with E-state index in [4.69, 9.17) is 11.6 Å². The Balaban J connectivity index is 1.74. The predicted octanol–water partition coefficient (Wildman–Crippen LogP) is 4.52. The molecule has 0 spiro atoms. The van der Waals surface area contributed by atoms with Gasteiger partial charge in [0.05, 0.1) is 10.4 Å². The molecule has 0 saturated heterocycles. The zero-order valence-corrected chi connectivity index (χ0v) is 17.0. The van der Waals surface area contributed by atoms with Crippen LogP contribution in [-0.2, 0) is 0 Å². The highest BCUT2D eigenvalue weighted by molar-refractivity contribution is 7.13. The molecule has 3 rings (SSSR count). The van der Waals surface area contributed by atoms with Gasteiger partial charge in [-0.05, 0) is 50.4 Å². The van der Waals surface area contributed by atoms with Crippen molar-refractivity contribution < 1.29 is 4.79 Å². The molecular formula is C19H22ClN5OS. The summed E-state index contributed by atoms with van der Waals surface area (Å²) >= 11 is 7.71. The molecule has 3 N–H and O–H groups in total. The first-order valence-electron chi connectivity index (χ1n) is 8.63. The molecule has 2 heterocycles. The summed E-state index contributed by atoms with van der Waals surface area (Å²) in [7, 11) is 0. The van der Waals surface area contributed by atoms with E-state index >= 15 is 0 Å². The fraction of sp³-hybridized carbons (Fsp3) is 0.316. The van der Waals surface area contributed by atoms with Gasteiger partial charge in [0.25, 0.3) is 0 Å². The zero-order chi connectivity index (χ0) is 19.4. The number of rotatable bonds is 5. The van der Waals surface area contributed by atoms with Crippen molar-refractivity contribution in [1.82, 2.24) is 20.6 Å². The fourth-order valence-corrected chi connectivity index (χ4v) is 3.32. The molecule has 142 valence electrons. The molecule has 0 aliphatic rings. The molecule has 6 nitrogen and oxygen atoms in total. The Kier molecular flexibility index (Phi) is 5.82. The second-order valence-corrected chi connectivity index (χ2v) is 8.48. The third-order valence-corrected chi connectivity index (χ3v) is 4.69. The van der Waals surface area contributed by atoms with E-state index in [1.807, 2.05) is 56.5 Å². The number of carbonyl (C=O) groups excluding carboxylic acids is 1. The Morgan fingerprint density at radius 1 is 1.19 bits per heavy atom. The smallest absolute Gasteiger partial charge is 0.315 e. The first-order chi connectivity index (χ1) is 12.8. The molecule has 0 atom stereocenters. The highest BCUT2D eigenvalue weighted by Crippen LogP contribution is 2.28. The molecule has 2 amide bonds. The molecule has 1 aromatic carbocycles. The normalized spacial score (nSPS) is 11.4. The highest BCUT2D eigenvalue weighted by Gasteiger charge is 2.13. The minimum atomic E-state index is -0.269. The summed E-state index contributed by atoms with van der Waals surface area (Å²) in [6, 6.07) is 9.31. The second kappa shape index (κ2) is 8.10. The van der Waals surface area contributed by atoms with Gasteiger partial charge in [-0.1, -0.05) is 17.7 Å². The standard InChI is InChI=1S/C19H22ClN5OS/c1-19(2,3)25-18(26)22-9-8-21-16-13-7-6-12(20)11-14(13)23-17(24-16)15-5-4-10-27-15/h4-7,10-11H,8-9H2,1-3H3,(H,21,23,24)(H2,22,25,26). The maximum Gasteiger partial charge on any atom is 0.315 e. The Morgan fingerprint density at radius 3 is 2.70 bits per heavy atom. The number of hydrogen-bond donors (Lipinski definition) is 3. The van der Waals surface area contributed by atoms with E-state index in [1.54, 1.807) is 11.3 Å². The molecule has 0 fully saturated rings. The van der Waals surface area contributed by atoms with Crippen molar-refractivity contribution in [1.29, 1.82) is 0 Å². The topological polar surface area (TPSA) is 78.9 Å². The molecule has 0 aliphatic carbocycles. The SMILES string of the molecule is CC(C)(C)NC(=O)NCCNc1nc(-c2cccs2)nc2cc(Cl)ccc12. The molecule has 0 saturated carbocycles. The summed E-state index contributed by atoms with van der Waals surface area (Å²) in [5.74, 6) is 1.37. The number of nitrogens with one attached hydrogen (secondary N) is 3. The number of anilines is 1. The number of halogens is 1. The molecule has 0 aliphatic heterocycles. The lowest BCUT2D eigenvalue weighted by Gasteiger charge is -2.20. The number of thiophene rings is 1. The van der Waals surface area contributed by atoms with Crippen molar-refractivity contribution in [2.24, 2.45) is 0 Å². The number of benzene rings is 1. The summed E-state index contributed by atoms with van der Waals surface area (Å²) in [5, 5.41) is 12.5. The number of urea groups is 1. The highest BCUT2D eigenvalue weighted by atomic mass is 35.5. The van der Waals surface area contributed by atoms with Crippen LogP contribution in [0.15, 0.2) is 35.7 Å². The van der Waals surface area contributed by atoms with Gasteiger partial charge in [0.1, 0.15) is 5.82 Å². The summed E-state index contributed by atoms with van der Waals surface area (Å²) in [5.41, 5.74) is 0.511. The van der Waals surface area contributed by atoms with Crippen LogP contribution in [0.5, 0.6) is 0 Å². The van der Waals surface area contributed by atoms with Gasteiger partial charge in [-0.25, -0.2) is 14.8 Å². The lowest BCUT2D eigenvalue weighted by atomic mass is 10.1. The van der Waals surface area contributed by atoms with Crippen LogP contribution in [0.2, 0.25) is 5.02 Å². The van der Waals surface area contributed by atoms with Gasteiger partial charge in [0, 0.05) is 29.0 Å². The number of fused-ring (bicyclic) bond motifs is 1. The number of aromatic nitrogens is 2. The summed E-state index contributed by atoms with van der Waals surface area (Å²) in [6.45, 7) is 6.82. The van der Waals surface area contributed by atoms with Gasteiger partial charge in [-0.2, -0.15) is 0 Å². The van der Waals surface area contributed by atoms with E-state index in [9.17, 15) is 4.79 Å². The molecule has 0 unspecified atom stereocenters. The summed E-state index contributed by atoms with van der Waals surface area (Å²) in [4.78, 5) is 22.1. The van der Waals surface area contributed by atoms with Crippen molar-refractivity contribution in [3.8, 4) is 10.7 Å². The van der Waals surface area contributed by atoms with Gasteiger partial charge in [0.15, 0.2) is 5.82 Å². The van der Waals surface area contributed by atoms with Crippen molar-refractivity contribution in [3.05, 3.63) is 40.7 Å². The lowest BCUT2D eigenvalue weighted by molar-refractivity contribution is 0.232. The van der Waals surface area contributed by atoms with Gasteiger partial charge in [0.2, 0.25) is 0 Å². The molecule has 0 radical (unpaired) electrons. The van der Waals surface area contributed by atoms with Gasteiger partial charge >= 0.3 is 6.03 Å². The van der Waals surface area contributed by atoms with Crippen LogP contribution < -0.4 is 16.0 Å². The minimum Gasteiger partial charge on any atom is -0.368 e. The number of amides is 2. The minimum absolute atomic E-state index is 0.192. The van der Waals surface area contributed by atoms with E-state index in [2.05, 4.69) is 25.9 Å². The molecule has 0 bridgehead atoms. The third kappa shape index (κ3) is 5.30. The first-order valence-corrected chi connectivity index (χ1v) is 9.89. The Bertz CT molecular complexity index is 937. The van der Waals surface area contributed by atoms with E-state index in [0.29, 0.717) is 23.9 Å². The zero-order valence-electron chi connectivity index (χ0n) is 15.5. The van der Waals surface area contributed by atoms with Crippen molar-refractivity contribution in [2.75, 3.05) is 18.4 Å². The van der Waals surface area contributed by atoms with E-state index in [0.717, 1.165) is 21.6 Å². The molecule has 2 aromatic heterocycles. The van der Waals surface area contributed by atoms with Crippen LogP contribution in [0.25, 0.3) is 21.6 Å². The van der Waals surface area contributed by atoms with Crippen molar-refractivity contribution in [2.45, 2.75) is 26.3 Å². The first kappa shape index (κ1) is 19.4. The van der Waals surface area contributed by atoms with Crippen molar-refractivity contribution in [3.63, 3.8) is 0 Å². The van der Waals surface area contributed by atoms with E-state index < -0.39 is 0 Å². The largest absolute Gasteiger partial charge is 0.368 e. The van der Waals surface area contributed by atoms with Crippen molar-refractivity contribution >= 4 is 45.7 Å². The predicted molar refractivity (Wildman–Crippen MR) is 113 cm³/mol. The number of nitrogens with zero attached hydrogens (tertiary/aromatic N) is 2. The van der Waals surface area contributed by atoms with Crippen LogP contribution in [0.1, 0.15) is 20.8 Å². The summed E-state index contributed by atoms with van der Waals surface area (Å²) in [6.07, 6.45) is 0. The quantitative estimate of drug-likeness (QED) is 0.547. The monoisotopic (exact) mass is 403 g/mol. The van der Waals surface area contributed by atoms with Gasteiger partial charge in [-0.15, -0.1) is 11.3 Å². The van der Waals surface area contributed by atoms with Gasteiger partial charge in [-0.3, -0.25) is 0 Å². The van der Waals surface area contributed by atoms with Crippen LogP contribution in [0, 0.1) is 0 Å². The fourth-order valence-electron chi connectivity index (χ4n) is 2.50. The van der Waals surface area contributed by atoms with Crippen LogP contribution >= 0.6 is 22.9 Å². The Labute approximate surface area is 167 Å². The van der Waals surface area contributed by atoms with Gasteiger partial charge < -0.3 is 16.0 Å². The molecular weight excluding hydrogens is 382 g/mol. The Hall–Kier alpha value is -2.38. The average Bonchev–Trinajstić information content (AvgIpc) is 3.11.